The molecule has 0 spiro atoms. The summed E-state index contributed by atoms with van der Waals surface area (Å²) in [5, 5.41) is 8.87. The molecular weight excluding hydrogens is 172 g/mol. The van der Waals surface area contributed by atoms with Crippen molar-refractivity contribution in [3.05, 3.63) is 41.0 Å². The molecule has 0 fully saturated rings. The van der Waals surface area contributed by atoms with E-state index in [-0.39, 0.29) is 6.61 Å². The van der Waals surface area contributed by atoms with Gasteiger partial charge in [-0.3, -0.25) is 0 Å². The van der Waals surface area contributed by atoms with E-state index in [1.165, 1.54) is 22.3 Å². The van der Waals surface area contributed by atoms with Gasteiger partial charge in [-0.15, -0.1) is 0 Å². The van der Waals surface area contributed by atoms with Gasteiger partial charge in [0.05, 0.1) is 0 Å². The lowest BCUT2D eigenvalue weighted by Gasteiger charge is -2.13. The molecule has 0 saturated heterocycles. The normalized spacial score (nSPS) is 10.3. The van der Waals surface area contributed by atoms with Crippen molar-refractivity contribution in [3.63, 3.8) is 0 Å². The molecule has 1 aromatic rings. The third kappa shape index (κ3) is 2.24. The Kier molecular flexibility index (Phi) is 3.48. The molecule has 0 radical (unpaired) electrons. The van der Waals surface area contributed by atoms with Gasteiger partial charge in [0.25, 0.3) is 0 Å². The van der Waals surface area contributed by atoms with Crippen LogP contribution < -0.4 is 0 Å². The Morgan fingerprint density at radius 2 is 1.71 bits per heavy atom. The van der Waals surface area contributed by atoms with Gasteiger partial charge in [0.15, 0.2) is 0 Å². The molecule has 1 aromatic carbocycles. The maximum absolute atomic E-state index is 8.87. The average molecular weight is 190 g/mol. The molecule has 0 aliphatic heterocycles. The lowest BCUT2D eigenvalue weighted by molar-refractivity contribution is 0.305. The Balaban J connectivity index is 3.14. The van der Waals surface area contributed by atoms with Crippen molar-refractivity contribution in [2.45, 2.75) is 27.2 Å². The summed E-state index contributed by atoms with van der Waals surface area (Å²) in [6.07, 6.45) is 0.657. The molecule has 1 rings (SSSR count). The molecular formula is C13H18O. The number of aliphatic hydroxyl groups is 1. The highest BCUT2D eigenvalue weighted by Gasteiger charge is 2.06. The first-order valence-electron chi connectivity index (χ1n) is 4.93. The van der Waals surface area contributed by atoms with Crippen LogP contribution in [0.3, 0.4) is 0 Å². The summed E-state index contributed by atoms with van der Waals surface area (Å²) in [4.78, 5) is 0. The Bertz CT molecular complexity index is 327. The van der Waals surface area contributed by atoms with Crippen LogP contribution >= 0.6 is 0 Å². The summed E-state index contributed by atoms with van der Waals surface area (Å²) in [7, 11) is 0. The third-order valence-electron chi connectivity index (χ3n) is 2.44. The third-order valence-corrected chi connectivity index (χ3v) is 2.44. The van der Waals surface area contributed by atoms with Crippen LogP contribution in [-0.4, -0.2) is 11.7 Å². The smallest absolute Gasteiger partial charge is 0.0471 e. The van der Waals surface area contributed by atoms with Crippen molar-refractivity contribution in [2.75, 3.05) is 6.61 Å². The van der Waals surface area contributed by atoms with E-state index in [9.17, 15) is 0 Å². The molecule has 0 atom stereocenters. The van der Waals surface area contributed by atoms with Crippen molar-refractivity contribution >= 4 is 5.57 Å². The second kappa shape index (κ2) is 4.43. The highest BCUT2D eigenvalue weighted by molar-refractivity contribution is 5.69. The fourth-order valence-electron chi connectivity index (χ4n) is 2.00. The average Bonchev–Trinajstić information content (AvgIpc) is 2.01. The molecule has 1 heteroatoms. The first-order valence-corrected chi connectivity index (χ1v) is 4.93. The van der Waals surface area contributed by atoms with Gasteiger partial charge >= 0.3 is 0 Å². The van der Waals surface area contributed by atoms with Crippen LogP contribution in [0.2, 0.25) is 0 Å². The van der Waals surface area contributed by atoms with Crippen LogP contribution in [-0.2, 0) is 0 Å². The Morgan fingerprint density at radius 1 is 1.21 bits per heavy atom. The molecule has 1 nitrogen and oxygen atoms in total. The Labute approximate surface area is 86.1 Å². The van der Waals surface area contributed by atoms with E-state index in [1.807, 2.05) is 0 Å². The zero-order valence-electron chi connectivity index (χ0n) is 9.22. The minimum atomic E-state index is 0.172. The first kappa shape index (κ1) is 11.0. The van der Waals surface area contributed by atoms with Crippen molar-refractivity contribution in [1.82, 2.24) is 0 Å². The van der Waals surface area contributed by atoms with Gasteiger partial charge in [-0.05, 0) is 49.5 Å². The fraction of sp³-hybridized carbons (Fsp3) is 0.385. The Morgan fingerprint density at radius 3 is 2.14 bits per heavy atom. The van der Waals surface area contributed by atoms with E-state index in [4.69, 9.17) is 5.11 Å². The van der Waals surface area contributed by atoms with E-state index in [0.717, 1.165) is 5.57 Å². The largest absolute Gasteiger partial charge is 0.396 e. The summed E-state index contributed by atoms with van der Waals surface area (Å²) in [5.41, 5.74) is 6.02. The van der Waals surface area contributed by atoms with Crippen LogP contribution in [0.1, 0.15) is 28.7 Å². The van der Waals surface area contributed by atoms with Gasteiger partial charge in [0, 0.05) is 6.61 Å². The lowest BCUT2D eigenvalue weighted by Crippen LogP contribution is -1.95. The summed E-state index contributed by atoms with van der Waals surface area (Å²) >= 11 is 0. The summed E-state index contributed by atoms with van der Waals surface area (Å²) in [6, 6.07) is 4.32. The molecule has 0 heterocycles. The second-order valence-corrected chi connectivity index (χ2v) is 3.85. The quantitative estimate of drug-likeness (QED) is 0.776. The van der Waals surface area contributed by atoms with Crippen LogP contribution in [0.4, 0.5) is 0 Å². The van der Waals surface area contributed by atoms with E-state index in [2.05, 4.69) is 39.5 Å². The second-order valence-electron chi connectivity index (χ2n) is 3.85. The molecule has 0 aliphatic carbocycles. The number of rotatable bonds is 3. The van der Waals surface area contributed by atoms with Gasteiger partial charge in [-0.2, -0.15) is 0 Å². The molecule has 14 heavy (non-hydrogen) atoms. The Hall–Kier alpha value is -1.08. The summed E-state index contributed by atoms with van der Waals surface area (Å²) in [5.74, 6) is 0. The topological polar surface area (TPSA) is 20.2 Å². The van der Waals surface area contributed by atoms with Crippen LogP contribution in [0.25, 0.3) is 5.57 Å². The van der Waals surface area contributed by atoms with Gasteiger partial charge in [0.2, 0.25) is 0 Å². The predicted molar refractivity (Wildman–Crippen MR) is 61.4 cm³/mol. The van der Waals surface area contributed by atoms with Crippen LogP contribution in [0, 0.1) is 20.8 Å². The zero-order valence-corrected chi connectivity index (χ0v) is 9.22. The van der Waals surface area contributed by atoms with Crippen LogP contribution in [0.5, 0.6) is 0 Å². The highest BCUT2D eigenvalue weighted by atomic mass is 16.2. The molecule has 0 saturated carbocycles. The maximum atomic E-state index is 8.87. The number of aliphatic hydroxyl groups excluding tert-OH is 1. The van der Waals surface area contributed by atoms with E-state index < -0.39 is 0 Å². The molecule has 0 amide bonds. The van der Waals surface area contributed by atoms with Crippen molar-refractivity contribution < 1.29 is 5.11 Å². The molecule has 0 unspecified atom stereocenters. The molecule has 0 aromatic heterocycles. The highest BCUT2D eigenvalue weighted by Crippen LogP contribution is 2.25. The van der Waals surface area contributed by atoms with E-state index in [1.54, 1.807) is 0 Å². The van der Waals surface area contributed by atoms with E-state index in [0.29, 0.717) is 6.42 Å². The van der Waals surface area contributed by atoms with Gasteiger partial charge < -0.3 is 5.11 Å². The van der Waals surface area contributed by atoms with Crippen molar-refractivity contribution in [2.24, 2.45) is 0 Å². The predicted octanol–water partition coefficient (Wildman–Crippen LogP) is 3.01. The number of hydrogen-bond donors (Lipinski definition) is 1. The van der Waals surface area contributed by atoms with Gasteiger partial charge in [-0.1, -0.05) is 24.3 Å². The molecule has 0 aliphatic rings. The maximum Gasteiger partial charge on any atom is 0.0471 e. The number of aryl methyl sites for hydroxylation is 3. The van der Waals surface area contributed by atoms with Crippen molar-refractivity contribution in [1.29, 1.82) is 0 Å². The number of benzene rings is 1. The summed E-state index contributed by atoms with van der Waals surface area (Å²) in [6.45, 7) is 10.5. The summed E-state index contributed by atoms with van der Waals surface area (Å²) < 4.78 is 0. The monoisotopic (exact) mass is 190 g/mol. The lowest BCUT2D eigenvalue weighted by atomic mass is 9.93. The molecule has 0 bridgehead atoms. The zero-order chi connectivity index (χ0) is 10.7. The standard InChI is InChI=1S/C13H18O/c1-9-7-11(3)13(12(4)8-9)10(2)5-6-14/h7-8,14H,2,5-6H2,1,3-4H3. The van der Waals surface area contributed by atoms with Gasteiger partial charge in [0.1, 0.15) is 0 Å². The minimum absolute atomic E-state index is 0.172. The molecule has 76 valence electrons. The molecule has 1 N–H and O–H groups in total. The van der Waals surface area contributed by atoms with Crippen LogP contribution in [0.15, 0.2) is 18.7 Å². The van der Waals surface area contributed by atoms with Crippen molar-refractivity contribution in [3.8, 4) is 0 Å². The fourth-order valence-corrected chi connectivity index (χ4v) is 2.00. The first-order chi connectivity index (χ1) is 6.56. The minimum Gasteiger partial charge on any atom is -0.396 e. The number of hydrogen-bond acceptors (Lipinski definition) is 1. The van der Waals surface area contributed by atoms with Gasteiger partial charge in [-0.25, -0.2) is 0 Å². The van der Waals surface area contributed by atoms with E-state index >= 15 is 0 Å². The SMILES string of the molecule is C=C(CCO)c1c(C)cc(C)cc1C.